The highest BCUT2D eigenvalue weighted by atomic mass is 32.2. The molecule has 5 rings (SSSR count). The molecule has 26 heavy (non-hydrogen) atoms. The molecule has 1 aliphatic heterocycles. The Morgan fingerprint density at radius 3 is 2.88 bits per heavy atom. The van der Waals surface area contributed by atoms with Crippen LogP contribution in [0.15, 0.2) is 61.9 Å². The fourth-order valence-electron chi connectivity index (χ4n) is 3.05. The van der Waals surface area contributed by atoms with Crippen LogP contribution in [0.4, 0.5) is 0 Å². The van der Waals surface area contributed by atoms with Gasteiger partial charge in [-0.05, 0) is 11.5 Å². The van der Waals surface area contributed by atoms with Crippen molar-refractivity contribution < 1.29 is 4.42 Å². The van der Waals surface area contributed by atoms with Crippen LogP contribution in [0.2, 0.25) is 0 Å². The van der Waals surface area contributed by atoms with Crippen LogP contribution in [0.3, 0.4) is 0 Å². The number of benzene rings is 2. The zero-order valence-electron chi connectivity index (χ0n) is 13.4. The molecule has 3 heterocycles. The number of thiol groups is 1. The van der Waals surface area contributed by atoms with Gasteiger partial charge in [0.2, 0.25) is 5.16 Å². The number of hydrogen-bond donors (Lipinski definition) is 1. The Labute approximate surface area is 157 Å². The third kappa shape index (κ3) is 2.37. The Balaban J connectivity index is 1.72. The van der Waals surface area contributed by atoms with Gasteiger partial charge in [0.05, 0.1) is 17.0 Å². The fraction of sp³-hybridized carbons (Fsp3) is 0.111. The Hall–Kier alpha value is -2.58. The van der Waals surface area contributed by atoms with Gasteiger partial charge in [0.1, 0.15) is 5.58 Å². The van der Waals surface area contributed by atoms with E-state index in [2.05, 4.69) is 27.9 Å². The van der Waals surface area contributed by atoms with Crippen molar-refractivity contribution in [2.75, 3.05) is 5.75 Å². The van der Waals surface area contributed by atoms with Gasteiger partial charge >= 0.3 is 5.63 Å². The average Bonchev–Trinajstić information content (AvgIpc) is 3.09. The van der Waals surface area contributed by atoms with E-state index >= 15 is 0 Å². The minimum Gasteiger partial charge on any atom is -0.422 e. The van der Waals surface area contributed by atoms with Gasteiger partial charge < -0.3 is 4.42 Å². The first kappa shape index (κ1) is 15.7. The first-order valence-electron chi connectivity index (χ1n) is 7.96. The molecule has 2 aromatic heterocycles. The van der Waals surface area contributed by atoms with E-state index in [1.165, 1.54) is 11.8 Å². The zero-order valence-corrected chi connectivity index (χ0v) is 15.1. The van der Waals surface area contributed by atoms with E-state index in [1.807, 2.05) is 42.5 Å². The van der Waals surface area contributed by atoms with Crippen LogP contribution in [-0.2, 0) is 5.75 Å². The molecule has 0 unspecified atom stereocenters. The van der Waals surface area contributed by atoms with E-state index in [0.717, 1.165) is 16.2 Å². The first-order chi connectivity index (χ1) is 12.7. The Kier molecular flexibility index (Phi) is 3.61. The maximum Gasteiger partial charge on any atom is 0.345 e. The molecular weight excluding hydrogens is 368 g/mol. The normalized spacial score (nSPS) is 13.8. The zero-order chi connectivity index (χ0) is 17.7. The van der Waals surface area contributed by atoms with Crippen molar-refractivity contribution in [3.8, 4) is 0 Å². The molecule has 0 bridgehead atoms. The predicted octanol–water partition coefficient (Wildman–Crippen LogP) is 3.33. The highest BCUT2D eigenvalue weighted by molar-refractivity contribution is 7.99. The monoisotopic (exact) mass is 380 g/mol. The van der Waals surface area contributed by atoms with Crippen LogP contribution >= 0.6 is 24.4 Å². The molecule has 0 fully saturated rings. The van der Waals surface area contributed by atoms with Gasteiger partial charge in [-0.3, -0.25) is 0 Å². The number of thioether (sulfide) groups is 1. The van der Waals surface area contributed by atoms with Gasteiger partial charge in [-0.15, -0.1) is 10.2 Å². The second-order valence-electron chi connectivity index (χ2n) is 5.86. The third-order valence-electron chi connectivity index (χ3n) is 4.31. The summed E-state index contributed by atoms with van der Waals surface area (Å²) in [6.07, 6.45) is 0. The second kappa shape index (κ2) is 6.00. The molecule has 0 aliphatic carbocycles. The van der Waals surface area contributed by atoms with Crippen LogP contribution in [0.5, 0.6) is 0 Å². The summed E-state index contributed by atoms with van der Waals surface area (Å²) in [4.78, 5) is 12.7. The van der Waals surface area contributed by atoms with Gasteiger partial charge in [0.25, 0.3) is 0 Å². The number of fused-ring (bicyclic) bond motifs is 4. The lowest BCUT2D eigenvalue weighted by Gasteiger charge is -2.13. The smallest absolute Gasteiger partial charge is 0.345 e. The van der Waals surface area contributed by atoms with Gasteiger partial charge in [-0.25, -0.2) is 4.79 Å². The number of nitrogens with zero attached hydrogens (tertiary/aromatic N) is 4. The summed E-state index contributed by atoms with van der Waals surface area (Å²) in [6, 6.07) is 13.7. The van der Waals surface area contributed by atoms with E-state index in [0.29, 0.717) is 39.3 Å². The minimum atomic E-state index is -0.392. The number of aromatic nitrogens is 3. The van der Waals surface area contributed by atoms with E-state index in [1.54, 1.807) is 4.68 Å². The molecule has 4 aromatic rings. The van der Waals surface area contributed by atoms with Crippen molar-refractivity contribution in [1.82, 2.24) is 14.9 Å². The molecule has 0 atom stereocenters. The lowest BCUT2D eigenvalue weighted by atomic mass is 10.1. The van der Waals surface area contributed by atoms with Gasteiger partial charge in [-0.2, -0.15) is 22.4 Å². The standard InChI is InChI=1S/C18H12N4O2S2/c23-17-13(14-9-26-18-20-19-15(8-25)22(18)21-14)7-11-6-5-10-3-1-2-4-12(10)16(11)24-17/h1-7,25H,8-9H2. The van der Waals surface area contributed by atoms with E-state index in [-0.39, 0.29) is 0 Å². The molecule has 0 N–H and O–H groups in total. The quantitative estimate of drug-likeness (QED) is 0.328. The number of hydrogen-bond acceptors (Lipinski definition) is 7. The van der Waals surface area contributed by atoms with Crippen LogP contribution in [0, 0.1) is 0 Å². The molecule has 1 aliphatic rings. The number of rotatable bonds is 2. The topological polar surface area (TPSA) is 73.3 Å². The van der Waals surface area contributed by atoms with Crippen LogP contribution in [-0.4, -0.2) is 26.3 Å². The molecule has 8 heteroatoms. The van der Waals surface area contributed by atoms with Crippen molar-refractivity contribution in [2.24, 2.45) is 5.10 Å². The summed E-state index contributed by atoms with van der Waals surface area (Å²) >= 11 is 5.74. The summed E-state index contributed by atoms with van der Waals surface area (Å²) in [7, 11) is 0. The van der Waals surface area contributed by atoms with Crippen molar-refractivity contribution in [1.29, 1.82) is 0 Å². The molecule has 0 radical (unpaired) electrons. The molecular formula is C18H12N4O2S2. The molecule has 0 saturated carbocycles. The molecule has 0 amide bonds. The van der Waals surface area contributed by atoms with Gasteiger partial charge in [-0.1, -0.05) is 48.2 Å². The Morgan fingerprint density at radius 1 is 1.15 bits per heavy atom. The lowest BCUT2D eigenvalue weighted by Crippen LogP contribution is -2.21. The summed E-state index contributed by atoms with van der Waals surface area (Å²) in [6.45, 7) is 0. The second-order valence-corrected chi connectivity index (χ2v) is 7.12. The van der Waals surface area contributed by atoms with Crippen molar-refractivity contribution in [3.63, 3.8) is 0 Å². The first-order valence-corrected chi connectivity index (χ1v) is 9.58. The van der Waals surface area contributed by atoms with E-state index < -0.39 is 5.63 Å². The van der Waals surface area contributed by atoms with Gasteiger partial charge in [0, 0.05) is 16.5 Å². The lowest BCUT2D eigenvalue weighted by molar-refractivity contribution is 0.562. The van der Waals surface area contributed by atoms with Crippen molar-refractivity contribution in [2.45, 2.75) is 10.9 Å². The van der Waals surface area contributed by atoms with Crippen LogP contribution in [0.1, 0.15) is 11.4 Å². The van der Waals surface area contributed by atoms with Crippen LogP contribution in [0.25, 0.3) is 21.7 Å². The highest BCUT2D eigenvalue weighted by Crippen LogP contribution is 2.27. The van der Waals surface area contributed by atoms with E-state index in [9.17, 15) is 4.79 Å². The molecule has 0 spiro atoms. The Morgan fingerprint density at radius 2 is 2.00 bits per heavy atom. The molecule has 2 aromatic carbocycles. The SMILES string of the molecule is O=c1oc2c(ccc3ccccc32)cc1C1=Nn2c(CS)nnc2SC1. The van der Waals surface area contributed by atoms with E-state index in [4.69, 9.17) is 4.42 Å². The van der Waals surface area contributed by atoms with Crippen molar-refractivity contribution in [3.05, 3.63) is 64.3 Å². The summed E-state index contributed by atoms with van der Waals surface area (Å²) < 4.78 is 7.32. The summed E-state index contributed by atoms with van der Waals surface area (Å²) in [5.74, 6) is 1.60. The maximum absolute atomic E-state index is 12.7. The molecule has 6 nitrogen and oxygen atoms in total. The maximum atomic E-state index is 12.7. The summed E-state index contributed by atoms with van der Waals surface area (Å²) in [5.41, 5.74) is 1.32. The largest absolute Gasteiger partial charge is 0.422 e. The fourth-order valence-corrected chi connectivity index (χ4v) is 4.09. The summed E-state index contributed by atoms with van der Waals surface area (Å²) in [5, 5.41) is 16.2. The van der Waals surface area contributed by atoms with Crippen LogP contribution < -0.4 is 5.63 Å². The average molecular weight is 380 g/mol. The highest BCUT2D eigenvalue weighted by Gasteiger charge is 2.22. The van der Waals surface area contributed by atoms with Gasteiger partial charge in [0.15, 0.2) is 5.82 Å². The molecule has 0 saturated heterocycles. The molecule has 128 valence electrons. The van der Waals surface area contributed by atoms with Crippen molar-refractivity contribution >= 4 is 51.8 Å². The third-order valence-corrected chi connectivity index (χ3v) is 5.53. The predicted molar refractivity (Wildman–Crippen MR) is 105 cm³/mol. The Bertz CT molecular complexity index is 1260. The minimum absolute atomic E-state index is 0.392.